The van der Waals surface area contributed by atoms with E-state index in [9.17, 15) is 13.6 Å². The average molecular weight is 244 g/mol. The Morgan fingerprint density at radius 3 is 2.41 bits per heavy atom. The van der Waals surface area contributed by atoms with E-state index in [1.807, 2.05) is 0 Å². The van der Waals surface area contributed by atoms with Crippen molar-refractivity contribution < 1.29 is 23.4 Å². The number of carboxylic acid groups (broad SMARTS) is 1. The van der Waals surface area contributed by atoms with Crippen molar-refractivity contribution in [1.29, 1.82) is 0 Å². The third-order valence-corrected chi connectivity index (χ3v) is 2.24. The summed E-state index contributed by atoms with van der Waals surface area (Å²) in [5, 5.41) is 8.38. The van der Waals surface area contributed by atoms with Gasteiger partial charge in [-0.05, 0) is 31.2 Å². The van der Waals surface area contributed by atoms with Gasteiger partial charge < -0.3 is 9.84 Å². The number of carbonyl (C=O) groups is 1. The van der Waals surface area contributed by atoms with Gasteiger partial charge in [-0.25, -0.2) is 8.78 Å². The molecule has 0 unspecified atom stereocenters. The van der Waals surface area contributed by atoms with Crippen LogP contribution in [0.3, 0.4) is 0 Å². The summed E-state index contributed by atoms with van der Waals surface area (Å²) in [6, 6.07) is 5.42. The van der Waals surface area contributed by atoms with Crippen LogP contribution in [0.1, 0.15) is 25.3 Å². The van der Waals surface area contributed by atoms with Crippen molar-refractivity contribution in [2.45, 2.75) is 25.7 Å². The van der Waals surface area contributed by atoms with Gasteiger partial charge in [0, 0.05) is 12.0 Å². The van der Waals surface area contributed by atoms with Crippen LogP contribution in [-0.4, -0.2) is 17.7 Å². The van der Waals surface area contributed by atoms with Crippen molar-refractivity contribution >= 4 is 5.97 Å². The van der Waals surface area contributed by atoms with Gasteiger partial charge in [-0.15, -0.1) is 0 Å². The maximum atomic E-state index is 13.5. The first-order chi connectivity index (χ1) is 7.95. The smallest absolute Gasteiger partial charge is 0.303 e. The molecule has 0 aliphatic heterocycles. The molecule has 5 heteroatoms. The van der Waals surface area contributed by atoms with Crippen molar-refractivity contribution in [2.75, 3.05) is 6.61 Å². The first kappa shape index (κ1) is 13.4. The van der Waals surface area contributed by atoms with Crippen LogP contribution in [0, 0.1) is 0 Å². The number of rotatable bonds is 6. The van der Waals surface area contributed by atoms with Gasteiger partial charge in [-0.1, -0.05) is 0 Å². The summed E-state index contributed by atoms with van der Waals surface area (Å²) in [5.41, 5.74) is -0.192. The fourth-order valence-corrected chi connectivity index (χ4v) is 1.37. The largest absolute Gasteiger partial charge is 0.494 e. The van der Waals surface area contributed by atoms with Crippen molar-refractivity contribution in [2.24, 2.45) is 0 Å². The summed E-state index contributed by atoms with van der Waals surface area (Å²) in [4.78, 5) is 10.3. The van der Waals surface area contributed by atoms with E-state index in [0.29, 0.717) is 12.4 Å². The molecule has 1 N–H and O–H groups in total. The molecule has 3 nitrogen and oxygen atoms in total. The van der Waals surface area contributed by atoms with E-state index in [2.05, 4.69) is 0 Å². The highest BCUT2D eigenvalue weighted by molar-refractivity contribution is 5.66. The van der Waals surface area contributed by atoms with Gasteiger partial charge >= 0.3 is 5.97 Å². The topological polar surface area (TPSA) is 46.5 Å². The van der Waals surface area contributed by atoms with E-state index in [4.69, 9.17) is 9.84 Å². The molecule has 17 heavy (non-hydrogen) atoms. The predicted octanol–water partition coefficient (Wildman–Crippen LogP) is 3.04. The second-order valence-corrected chi connectivity index (χ2v) is 3.56. The monoisotopic (exact) mass is 244 g/mol. The van der Waals surface area contributed by atoms with Crippen LogP contribution in [0.15, 0.2) is 24.3 Å². The Labute approximate surface area is 98.0 Å². The van der Waals surface area contributed by atoms with Gasteiger partial charge in [-0.2, -0.15) is 0 Å². The summed E-state index contributed by atoms with van der Waals surface area (Å²) >= 11 is 0. The summed E-state index contributed by atoms with van der Waals surface area (Å²) in [7, 11) is 0. The molecule has 0 aliphatic rings. The Morgan fingerprint density at radius 2 is 1.94 bits per heavy atom. The van der Waals surface area contributed by atoms with Gasteiger partial charge in [0.25, 0.3) is 5.92 Å². The zero-order valence-corrected chi connectivity index (χ0v) is 9.45. The lowest BCUT2D eigenvalue weighted by Crippen LogP contribution is -2.15. The number of halogens is 2. The molecule has 1 aromatic carbocycles. The predicted molar refractivity (Wildman–Crippen MR) is 58.4 cm³/mol. The quantitative estimate of drug-likeness (QED) is 0.836. The molecule has 0 aliphatic carbocycles. The van der Waals surface area contributed by atoms with Crippen LogP contribution in [0.4, 0.5) is 8.78 Å². The fourth-order valence-electron chi connectivity index (χ4n) is 1.37. The lowest BCUT2D eigenvalue weighted by Gasteiger charge is -2.16. The summed E-state index contributed by atoms with van der Waals surface area (Å²) in [5.74, 6) is -3.83. The highest BCUT2D eigenvalue weighted by Gasteiger charge is 2.31. The van der Waals surface area contributed by atoms with E-state index in [0.717, 1.165) is 0 Å². The average Bonchev–Trinajstić information content (AvgIpc) is 2.28. The van der Waals surface area contributed by atoms with Gasteiger partial charge in [0.15, 0.2) is 0 Å². The van der Waals surface area contributed by atoms with Crippen LogP contribution in [0.2, 0.25) is 0 Å². The molecule has 0 saturated heterocycles. The number of hydrogen-bond donors (Lipinski definition) is 1. The number of alkyl halides is 2. The molecule has 0 radical (unpaired) electrons. The molecular weight excluding hydrogens is 230 g/mol. The molecular formula is C12H14F2O3. The first-order valence-corrected chi connectivity index (χ1v) is 5.28. The third-order valence-electron chi connectivity index (χ3n) is 2.24. The second kappa shape index (κ2) is 5.61. The normalized spacial score (nSPS) is 11.2. The minimum absolute atomic E-state index is 0.192. The molecule has 94 valence electrons. The fraction of sp³-hybridized carbons (Fsp3) is 0.417. The molecule has 0 amide bonds. The van der Waals surface area contributed by atoms with Crippen LogP contribution in [0.5, 0.6) is 5.75 Å². The molecule has 0 spiro atoms. The van der Waals surface area contributed by atoms with Crippen molar-refractivity contribution in [1.82, 2.24) is 0 Å². The van der Waals surface area contributed by atoms with Crippen molar-refractivity contribution in [3.05, 3.63) is 29.8 Å². The van der Waals surface area contributed by atoms with Gasteiger partial charge in [0.05, 0.1) is 13.0 Å². The van der Waals surface area contributed by atoms with Crippen LogP contribution < -0.4 is 4.74 Å². The maximum absolute atomic E-state index is 13.5. The Kier molecular flexibility index (Phi) is 4.43. The first-order valence-electron chi connectivity index (χ1n) is 5.28. The number of ether oxygens (including phenoxy) is 1. The molecule has 0 atom stereocenters. The van der Waals surface area contributed by atoms with E-state index >= 15 is 0 Å². The Hall–Kier alpha value is -1.65. The number of aliphatic carboxylic acids is 1. The Bertz CT molecular complexity index is 374. The highest BCUT2D eigenvalue weighted by Crippen LogP contribution is 2.33. The Balaban J connectivity index is 2.73. The zero-order valence-electron chi connectivity index (χ0n) is 9.45. The summed E-state index contributed by atoms with van der Waals surface area (Å²) < 4.78 is 32.2. The van der Waals surface area contributed by atoms with E-state index < -0.39 is 24.7 Å². The van der Waals surface area contributed by atoms with Crippen molar-refractivity contribution in [3.8, 4) is 5.75 Å². The molecule has 0 bridgehead atoms. The minimum Gasteiger partial charge on any atom is -0.494 e. The summed E-state index contributed by atoms with van der Waals surface area (Å²) in [6.45, 7) is 2.27. The lowest BCUT2D eigenvalue weighted by molar-refractivity contribution is -0.139. The zero-order chi connectivity index (χ0) is 12.9. The molecule has 0 aromatic heterocycles. The maximum Gasteiger partial charge on any atom is 0.303 e. The lowest BCUT2D eigenvalue weighted by atomic mass is 10.0. The highest BCUT2D eigenvalue weighted by atomic mass is 19.3. The molecule has 1 rings (SSSR count). The van der Waals surface area contributed by atoms with Gasteiger partial charge in [0.1, 0.15) is 5.75 Å². The number of carboxylic acids is 1. The van der Waals surface area contributed by atoms with Gasteiger partial charge in [-0.3, -0.25) is 4.79 Å². The van der Waals surface area contributed by atoms with E-state index in [1.54, 1.807) is 6.92 Å². The van der Waals surface area contributed by atoms with Crippen LogP contribution >= 0.6 is 0 Å². The number of hydrogen-bond acceptors (Lipinski definition) is 2. The standard InChI is InChI=1S/C12H14F2O3/c1-2-17-10-5-3-9(4-6-10)12(13,14)8-7-11(15)16/h3-6H,2,7-8H2,1H3,(H,15,16). The molecule has 0 fully saturated rings. The molecule has 0 heterocycles. The molecule has 0 saturated carbocycles. The van der Waals surface area contributed by atoms with E-state index in [-0.39, 0.29) is 5.56 Å². The second-order valence-electron chi connectivity index (χ2n) is 3.56. The van der Waals surface area contributed by atoms with Crippen LogP contribution in [-0.2, 0) is 10.7 Å². The van der Waals surface area contributed by atoms with E-state index in [1.165, 1.54) is 24.3 Å². The third kappa shape index (κ3) is 4.01. The van der Waals surface area contributed by atoms with Crippen LogP contribution in [0.25, 0.3) is 0 Å². The Morgan fingerprint density at radius 1 is 1.35 bits per heavy atom. The number of benzene rings is 1. The SMILES string of the molecule is CCOc1ccc(C(F)(F)CCC(=O)O)cc1. The van der Waals surface area contributed by atoms with Gasteiger partial charge in [0.2, 0.25) is 0 Å². The molecule has 1 aromatic rings. The summed E-state index contributed by atoms with van der Waals surface area (Å²) in [6.07, 6.45) is -1.25. The van der Waals surface area contributed by atoms with Crippen molar-refractivity contribution in [3.63, 3.8) is 0 Å². The minimum atomic E-state index is -3.12.